The third-order valence-electron chi connectivity index (χ3n) is 7.28. The van der Waals surface area contributed by atoms with Gasteiger partial charge >= 0.3 is 0 Å². The minimum atomic E-state index is -0.953. The van der Waals surface area contributed by atoms with E-state index in [-0.39, 0.29) is 27.1 Å². The normalized spacial score (nSPS) is 11.5. The van der Waals surface area contributed by atoms with E-state index in [1.54, 1.807) is 38.9 Å². The van der Waals surface area contributed by atoms with E-state index in [1.807, 2.05) is 74.5 Å². The lowest BCUT2D eigenvalue weighted by atomic mass is 9.84. The number of aromatic hydroxyl groups is 2. The SMILES string of the molecule is Cc1c(C(c2cc(Br)c(O)c(Br)c2O)c2c(C)n(C)n(-c3ccccc3)c2=O)c(=O)n(-c2ccccc2)n1C. The van der Waals surface area contributed by atoms with Gasteiger partial charge in [-0.1, -0.05) is 36.4 Å². The monoisotopic (exact) mass is 652 g/mol. The van der Waals surface area contributed by atoms with Crippen LogP contribution in [-0.2, 0) is 14.1 Å². The number of aromatic nitrogens is 4. The summed E-state index contributed by atoms with van der Waals surface area (Å²) in [5.74, 6) is -1.40. The van der Waals surface area contributed by atoms with Crippen molar-refractivity contribution in [3.63, 3.8) is 0 Å². The highest BCUT2D eigenvalue weighted by Gasteiger charge is 2.35. The fourth-order valence-electron chi connectivity index (χ4n) is 5.14. The lowest BCUT2D eigenvalue weighted by Crippen LogP contribution is -2.26. The molecule has 0 radical (unpaired) electrons. The van der Waals surface area contributed by atoms with Gasteiger partial charge in [0.1, 0.15) is 16.0 Å². The Balaban J connectivity index is 1.91. The Labute approximate surface area is 241 Å². The maximum Gasteiger partial charge on any atom is 0.275 e. The van der Waals surface area contributed by atoms with Crippen LogP contribution in [0, 0.1) is 13.8 Å². The zero-order valence-corrected chi connectivity index (χ0v) is 24.9. The van der Waals surface area contributed by atoms with Crippen LogP contribution in [0.25, 0.3) is 11.4 Å². The number of nitrogens with zero attached hydrogens (tertiary/aromatic N) is 4. The molecule has 5 aromatic rings. The summed E-state index contributed by atoms with van der Waals surface area (Å²) in [4.78, 5) is 28.4. The first-order valence-electron chi connectivity index (χ1n) is 12.1. The Kier molecular flexibility index (Phi) is 6.94. The Morgan fingerprint density at radius 1 is 0.692 bits per heavy atom. The molecule has 200 valence electrons. The smallest absolute Gasteiger partial charge is 0.275 e. The Morgan fingerprint density at radius 2 is 1.10 bits per heavy atom. The van der Waals surface area contributed by atoms with Crippen molar-refractivity contribution >= 4 is 31.9 Å². The number of hydrogen-bond acceptors (Lipinski definition) is 4. The second-order valence-corrected chi connectivity index (χ2v) is 11.0. The number of halogens is 2. The largest absolute Gasteiger partial charge is 0.506 e. The van der Waals surface area contributed by atoms with Crippen LogP contribution in [0.15, 0.2) is 85.3 Å². The van der Waals surface area contributed by atoms with E-state index < -0.39 is 5.92 Å². The standard InChI is InChI=1S/C29H26Br2N4O4/c1-16-22(28(38)34(32(16)3)18-11-7-5-8-12-18)24(20-15-21(30)27(37)25(31)26(20)36)23-17(2)33(4)35(29(23)39)19-13-9-6-10-14-19/h5-15,24,36-37H,1-4H3. The van der Waals surface area contributed by atoms with E-state index in [1.165, 1.54) is 0 Å². The van der Waals surface area contributed by atoms with Crippen molar-refractivity contribution in [2.24, 2.45) is 14.1 Å². The zero-order valence-electron chi connectivity index (χ0n) is 21.7. The van der Waals surface area contributed by atoms with Gasteiger partial charge in [0.25, 0.3) is 11.1 Å². The molecular weight excluding hydrogens is 628 g/mol. The third kappa shape index (κ3) is 4.18. The minimum Gasteiger partial charge on any atom is -0.506 e. The number of phenolic OH excluding ortho intramolecular Hbond substituents is 2. The van der Waals surface area contributed by atoms with Crippen molar-refractivity contribution in [2.45, 2.75) is 19.8 Å². The predicted molar refractivity (Wildman–Crippen MR) is 158 cm³/mol. The maximum atomic E-state index is 14.2. The van der Waals surface area contributed by atoms with Crippen LogP contribution in [0.4, 0.5) is 0 Å². The topological polar surface area (TPSA) is 94.3 Å². The second kappa shape index (κ2) is 10.1. The van der Waals surface area contributed by atoms with Gasteiger partial charge in [0, 0.05) is 31.0 Å². The molecule has 2 aromatic heterocycles. The van der Waals surface area contributed by atoms with E-state index in [0.29, 0.717) is 43.9 Å². The number of phenols is 2. The Morgan fingerprint density at radius 3 is 1.51 bits per heavy atom. The first-order valence-corrected chi connectivity index (χ1v) is 13.7. The van der Waals surface area contributed by atoms with E-state index in [4.69, 9.17) is 0 Å². The molecule has 0 saturated carbocycles. The summed E-state index contributed by atoms with van der Waals surface area (Å²) in [6.45, 7) is 3.64. The average molecular weight is 654 g/mol. The molecule has 0 aliphatic carbocycles. The molecule has 0 unspecified atom stereocenters. The van der Waals surface area contributed by atoms with Crippen LogP contribution in [0.2, 0.25) is 0 Å². The van der Waals surface area contributed by atoms with Crippen molar-refractivity contribution in [3.8, 4) is 22.9 Å². The van der Waals surface area contributed by atoms with E-state index in [9.17, 15) is 19.8 Å². The molecule has 3 aromatic carbocycles. The van der Waals surface area contributed by atoms with Gasteiger partial charge < -0.3 is 10.2 Å². The van der Waals surface area contributed by atoms with Crippen molar-refractivity contribution < 1.29 is 10.2 Å². The summed E-state index contributed by atoms with van der Waals surface area (Å²) in [5, 5.41) is 21.7. The van der Waals surface area contributed by atoms with Crippen molar-refractivity contribution in [2.75, 3.05) is 0 Å². The Bertz CT molecular complexity index is 1730. The van der Waals surface area contributed by atoms with Gasteiger partial charge in [-0.15, -0.1) is 0 Å². The van der Waals surface area contributed by atoms with Gasteiger partial charge in [-0.05, 0) is 76.0 Å². The highest BCUT2D eigenvalue weighted by molar-refractivity contribution is 9.11. The van der Waals surface area contributed by atoms with Crippen LogP contribution in [0.5, 0.6) is 11.5 Å². The van der Waals surface area contributed by atoms with Gasteiger partial charge in [0.2, 0.25) is 0 Å². The summed E-state index contributed by atoms with van der Waals surface area (Å²) in [7, 11) is 3.57. The lowest BCUT2D eigenvalue weighted by Gasteiger charge is -2.19. The maximum absolute atomic E-state index is 14.2. The van der Waals surface area contributed by atoms with Gasteiger partial charge in [-0.25, -0.2) is 9.36 Å². The van der Waals surface area contributed by atoms with Crippen molar-refractivity contribution in [1.29, 1.82) is 0 Å². The first-order chi connectivity index (χ1) is 18.6. The summed E-state index contributed by atoms with van der Waals surface area (Å²) in [5.41, 5.74) is 2.93. The molecule has 0 fully saturated rings. The zero-order chi connectivity index (χ0) is 28.2. The lowest BCUT2D eigenvalue weighted by molar-refractivity contribution is 0.437. The summed E-state index contributed by atoms with van der Waals surface area (Å²) >= 11 is 6.64. The van der Waals surface area contributed by atoms with Gasteiger partial charge in [-0.2, -0.15) is 0 Å². The number of benzene rings is 3. The van der Waals surface area contributed by atoms with Crippen LogP contribution >= 0.6 is 31.9 Å². The van der Waals surface area contributed by atoms with E-state index in [2.05, 4.69) is 31.9 Å². The highest BCUT2D eigenvalue weighted by Crippen LogP contribution is 2.47. The average Bonchev–Trinajstić information content (AvgIpc) is 3.29. The summed E-state index contributed by atoms with van der Waals surface area (Å²) in [6, 6.07) is 20.0. The van der Waals surface area contributed by atoms with Crippen molar-refractivity contribution in [1.82, 2.24) is 18.7 Å². The molecule has 8 nitrogen and oxygen atoms in total. The van der Waals surface area contributed by atoms with Gasteiger partial charge in [-0.3, -0.25) is 19.0 Å². The van der Waals surface area contributed by atoms with Crippen LogP contribution in [0.1, 0.15) is 34.0 Å². The molecular formula is C29H26Br2N4O4. The summed E-state index contributed by atoms with van der Waals surface area (Å²) < 4.78 is 6.96. The van der Waals surface area contributed by atoms with E-state index >= 15 is 0 Å². The molecule has 0 amide bonds. The fourth-order valence-corrected chi connectivity index (χ4v) is 6.29. The van der Waals surface area contributed by atoms with Crippen LogP contribution < -0.4 is 11.1 Å². The minimum absolute atomic E-state index is 0.0609. The molecule has 2 N–H and O–H groups in total. The first kappa shape index (κ1) is 26.8. The van der Waals surface area contributed by atoms with E-state index in [0.717, 1.165) is 0 Å². The van der Waals surface area contributed by atoms with Gasteiger partial charge in [0.15, 0.2) is 0 Å². The number of hydrogen-bond donors (Lipinski definition) is 2. The molecule has 0 aliphatic rings. The Hall–Kier alpha value is -3.76. The molecule has 10 heteroatoms. The third-order valence-corrected chi connectivity index (χ3v) is 8.64. The highest BCUT2D eigenvalue weighted by atomic mass is 79.9. The quantitative estimate of drug-likeness (QED) is 0.266. The molecule has 39 heavy (non-hydrogen) atoms. The fraction of sp³-hybridized carbons (Fsp3) is 0.172. The molecule has 0 spiro atoms. The molecule has 0 aliphatic heterocycles. The number of rotatable bonds is 5. The number of para-hydroxylation sites is 2. The van der Waals surface area contributed by atoms with Gasteiger partial charge in [0.05, 0.1) is 32.9 Å². The van der Waals surface area contributed by atoms with Crippen LogP contribution in [0.3, 0.4) is 0 Å². The molecule has 0 bridgehead atoms. The molecule has 2 heterocycles. The predicted octanol–water partition coefficient (Wildman–Crippen LogP) is 5.40. The van der Waals surface area contributed by atoms with Crippen molar-refractivity contribution in [3.05, 3.63) is 124 Å². The second-order valence-electron chi connectivity index (χ2n) is 9.34. The molecule has 0 atom stereocenters. The molecule has 5 rings (SSSR count). The van der Waals surface area contributed by atoms with Crippen LogP contribution in [-0.4, -0.2) is 28.9 Å². The molecule has 0 saturated heterocycles. The summed E-state index contributed by atoms with van der Waals surface area (Å²) in [6.07, 6.45) is 0.